The van der Waals surface area contributed by atoms with E-state index < -0.39 is 0 Å². The molecule has 0 aromatic heterocycles. The van der Waals surface area contributed by atoms with Crippen molar-refractivity contribution in [3.05, 3.63) is 0 Å². The van der Waals surface area contributed by atoms with Gasteiger partial charge >= 0.3 is 0 Å². The van der Waals surface area contributed by atoms with Crippen LogP contribution in [0.15, 0.2) is 0 Å². The summed E-state index contributed by atoms with van der Waals surface area (Å²) in [7, 11) is 1.89. The molecule has 0 aromatic carbocycles. The third kappa shape index (κ3) is 5.27. The van der Waals surface area contributed by atoms with Crippen molar-refractivity contribution in [3.63, 3.8) is 0 Å². The van der Waals surface area contributed by atoms with Crippen LogP contribution in [0.1, 0.15) is 51.4 Å². The maximum atomic E-state index is 6.13. The summed E-state index contributed by atoms with van der Waals surface area (Å²) in [6.07, 6.45) is 11.4. The molecule has 0 spiro atoms. The molecule has 4 aliphatic heterocycles. The largest absolute Gasteiger partial charge is 0.381 e. The molecule has 3 N–H and O–H groups in total. The minimum absolute atomic E-state index is 0.0917. The maximum Gasteiger partial charge on any atom is 0.146 e. The summed E-state index contributed by atoms with van der Waals surface area (Å²) in [6, 6.07) is 0.467. The van der Waals surface area contributed by atoms with Crippen LogP contribution < -0.4 is 16.1 Å². The summed E-state index contributed by atoms with van der Waals surface area (Å²) >= 11 is 0. The minimum atomic E-state index is 0.0917. The average molecular weight is 438 g/mol. The van der Waals surface area contributed by atoms with Crippen LogP contribution in [-0.4, -0.2) is 93.6 Å². The lowest BCUT2D eigenvalue weighted by Crippen LogP contribution is -2.57. The van der Waals surface area contributed by atoms with E-state index >= 15 is 0 Å². The number of rotatable bonds is 6. The van der Waals surface area contributed by atoms with Gasteiger partial charge in [-0.3, -0.25) is 20.0 Å². The van der Waals surface area contributed by atoms with Crippen molar-refractivity contribution < 1.29 is 14.3 Å². The second-order valence-electron chi connectivity index (χ2n) is 10.2. The van der Waals surface area contributed by atoms with Gasteiger partial charge in [0.15, 0.2) is 0 Å². The first kappa shape index (κ1) is 22.5. The van der Waals surface area contributed by atoms with Crippen LogP contribution in [0.4, 0.5) is 0 Å². The minimum Gasteiger partial charge on any atom is -0.381 e. The van der Waals surface area contributed by atoms with E-state index in [4.69, 9.17) is 14.3 Å². The van der Waals surface area contributed by atoms with Crippen LogP contribution in [-0.2, 0) is 14.3 Å². The van der Waals surface area contributed by atoms with Crippen molar-refractivity contribution in [2.75, 3.05) is 53.0 Å². The fourth-order valence-electron chi connectivity index (χ4n) is 6.58. The monoisotopic (exact) mass is 437 g/mol. The normalized spacial score (nSPS) is 43.5. The van der Waals surface area contributed by atoms with Gasteiger partial charge in [-0.1, -0.05) is 12.8 Å². The van der Waals surface area contributed by atoms with Gasteiger partial charge in [-0.25, -0.2) is 0 Å². The number of hydroxylamine groups is 1. The van der Waals surface area contributed by atoms with Gasteiger partial charge in [0.05, 0.1) is 37.7 Å². The molecule has 5 rings (SSSR count). The summed E-state index contributed by atoms with van der Waals surface area (Å²) in [6.45, 7) is 7.22. The van der Waals surface area contributed by atoms with Crippen LogP contribution in [0.3, 0.4) is 0 Å². The van der Waals surface area contributed by atoms with Gasteiger partial charge in [-0.15, -0.1) is 0 Å². The second-order valence-corrected chi connectivity index (χ2v) is 10.2. The number of morpholine rings is 1. The molecule has 0 aromatic rings. The Kier molecular flexibility index (Phi) is 7.78. The smallest absolute Gasteiger partial charge is 0.146 e. The van der Waals surface area contributed by atoms with Crippen LogP contribution >= 0.6 is 0 Å². The third-order valence-electron chi connectivity index (χ3n) is 8.43. The van der Waals surface area contributed by atoms with Gasteiger partial charge in [0.1, 0.15) is 6.23 Å². The molecule has 5 fully saturated rings. The number of hydrogen-bond acceptors (Lipinski definition) is 8. The van der Waals surface area contributed by atoms with Gasteiger partial charge in [0.25, 0.3) is 0 Å². The van der Waals surface area contributed by atoms with Crippen molar-refractivity contribution >= 4 is 0 Å². The molecule has 0 amide bonds. The molecular formula is C23H43N5O3. The van der Waals surface area contributed by atoms with E-state index in [0.29, 0.717) is 30.1 Å². The molecule has 7 unspecified atom stereocenters. The van der Waals surface area contributed by atoms with Crippen molar-refractivity contribution in [3.8, 4) is 0 Å². The second kappa shape index (κ2) is 10.7. The van der Waals surface area contributed by atoms with E-state index in [0.717, 1.165) is 39.4 Å². The summed E-state index contributed by atoms with van der Waals surface area (Å²) in [5, 5.41) is 7.59. The highest BCUT2D eigenvalue weighted by Gasteiger charge is 2.42. The van der Waals surface area contributed by atoms with E-state index in [-0.39, 0.29) is 12.4 Å². The predicted molar refractivity (Wildman–Crippen MR) is 119 cm³/mol. The molecule has 5 aliphatic rings. The van der Waals surface area contributed by atoms with Crippen LogP contribution in [0.25, 0.3) is 0 Å². The van der Waals surface area contributed by atoms with Crippen LogP contribution in [0.5, 0.6) is 0 Å². The van der Waals surface area contributed by atoms with Crippen molar-refractivity contribution in [2.45, 2.75) is 82.1 Å². The zero-order chi connectivity index (χ0) is 21.0. The maximum absolute atomic E-state index is 6.13. The first-order valence-electron chi connectivity index (χ1n) is 12.8. The summed E-state index contributed by atoms with van der Waals surface area (Å²) in [5.74, 6) is 1.23. The Morgan fingerprint density at radius 3 is 2.65 bits per heavy atom. The fourth-order valence-corrected chi connectivity index (χ4v) is 6.58. The van der Waals surface area contributed by atoms with Crippen molar-refractivity contribution in [1.29, 1.82) is 0 Å². The molecule has 7 atom stereocenters. The summed E-state index contributed by atoms with van der Waals surface area (Å²) in [4.78, 5) is 11.4. The lowest BCUT2D eigenvalue weighted by molar-refractivity contribution is -0.0395. The number of nitrogens with one attached hydrogen (secondary N) is 3. The Labute approximate surface area is 187 Å². The van der Waals surface area contributed by atoms with Gasteiger partial charge in [0, 0.05) is 39.2 Å². The van der Waals surface area contributed by atoms with E-state index in [1.54, 1.807) is 0 Å². The number of piperidine rings is 1. The molecule has 4 saturated heterocycles. The number of methoxy groups -OCH3 is 1. The number of nitrogens with zero attached hydrogens (tertiary/aromatic N) is 2. The zero-order valence-electron chi connectivity index (χ0n) is 19.3. The van der Waals surface area contributed by atoms with Crippen LogP contribution in [0.2, 0.25) is 0 Å². The fraction of sp³-hybridized carbons (Fsp3) is 1.00. The van der Waals surface area contributed by atoms with E-state index in [1.165, 1.54) is 57.9 Å². The average Bonchev–Trinajstić information content (AvgIpc) is 3.50. The standard InChI is InChI=1S/C23H43N5O3/c1-29-20-7-3-2-5-18(20)16-28-10-4-6-19(28)23-25-22(26-31-23)17-8-9-21(24-15-17)27-11-13-30-14-12-27/h17-26H,2-16H2,1H3. The van der Waals surface area contributed by atoms with E-state index in [9.17, 15) is 0 Å². The topological polar surface area (TPSA) is 70.3 Å². The zero-order valence-corrected chi connectivity index (χ0v) is 19.3. The molecule has 8 nitrogen and oxygen atoms in total. The Morgan fingerprint density at radius 2 is 1.84 bits per heavy atom. The quantitative estimate of drug-likeness (QED) is 0.571. The van der Waals surface area contributed by atoms with Gasteiger partial charge in [-0.05, 0) is 51.0 Å². The molecular weight excluding hydrogens is 394 g/mol. The van der Waals surface area contributed by atoms with E-state index in [1.807, 2.05) is 7.11 Å². The Balaban J connectivity index is 1.10. The van der Waals surface area contributed by atoms with Gasteiger partial charge in [-0.2, -0.15) is 5.48 Å². The highest BCUT2D eigenvalue weighted by atomic mass is 16.7. The van der Waals surface area contributed by atoms with E-state index in [2.05, 4.69) is 25.9 Å². The molecule has 0 radical (unpaired) electrons. The molecule has 4 heterocycles. The van der Waals surface area contributed by atoms with Crippen molar-refractivity contribution in [2.24, 2.45) is 11.8 Å². The van der Waals surface area contributed by atoms with Crippen molar-refractivity contribution in [1.82, 2.24) is 25.9 Å². The molecule has 1 aliphatic carbocycles. The summed E-state index contributed by atoms with van der Waals surface area (Å²) < 4.78 is 11.3. The number of hydrogen-bond donors (Lipinski definition) is 3. The molecule has 8 heteroatoms. The highest BCUT2D eigenvalue weighted by Crippen LogP contribution is 2.31. The van der Waals surface area contributed by atoms with Gasteiger partial charge < -0.3 is 14.8 Å². The molecule has 178 valence electrons. The Bertz CT molecular complexity index is 555. The lowest BCUT2D eigenvalue weighted by Gasteiger charge is -2.40. The molecule has 0 bridgehead atoms. The number of likely N-dealkylation sites (tertiary alicyclic amines) is 1. The lowest BCUT2D eigenvalue weighted by atomic mass is 9.86. The summed E-state index contributed by atoms with van der Waals surface area (Å²) in [5.41, 5.74) is 3.36. The SMILES string of the molecule is COC1CCCCC1CN1CCCC1C1NC(C2CCC(N3CCOCC3)NC2)NO1. The molecule has 1 saturated carbocycles. The number of ether oxygens (including phenoxy) is 2. The first-order valence-corrected chi connectivity index (χ1v) is 12.8. The Hall–Kier alpha value is -0.320. The highest BCUT2D eigenvalue weighted by molar-refractivity contribution is 4.93. The first-order chi connectivity index (χ1) is 15.3. The molecule has 31 heavy (non-hydrogen) atoms. The van der Waals surface area contributed by atoms with Gasteiger partial charge in [0.2, 0.25) is 0 Å². The Morgan fingerprint density at radius 1 is 0.968 bits per heavy atom. The van der Waals surface area contributed by atoms with Crippen LogP contribution in [0, 0.1) is 11.8 Å². The predicted octanol–water partition coefficient (Wildman–Crippen LogP) is 1.09. The third-order valence-corrected chi connectivity index (χ3v) is 8.43.